The molecule has 2 aliphatic rings. The van der Waals surface area contributed by atoms with Crippen LogP contribution in [0, 0.1) is 10.8 Å². The number of hydrogen-bond acceptors (Lipinski definition) is 2. The molecule has 23 heavy (non-hydrogen) atoms. The van der Waals surface area contributed by atoms with E-state index >= 15 is 0 Å². The normalized spacial score (nSPS) is 36.6. The van der Waals surface area contributed by atoms with Crippen LogP contribution in [0.1, 0.15) is 43.6 Å². The van der Waals surface area contributed by atoms with E-state index in [1.807, 2.05) is 0 Å². The van der Waals surface area contributed by atoms with E-state index in [1.165, 1.54) is 11.1 Å². The van der Waals surface area contributed by atoms with E-state index in [1.54, 1.807) is 0 Å². The first-order valence-corrected chi connectivity index (χ1v) is 8.44. The van der Waals surface area contributed by atoms with Crippen LogP contribution in [-0.4, -0.2) is 13.2 Å². The molecule has 4 rings (SSSR count). The van der Waals surface area contributed by atoms with Gasteiger partial charge in [0, 0.05) is 10.8 Å². The van der Waals surface area contributed by atoms with Gasteiger partial charge in [-0.05, 0) is 17.5 Å². The lowest BCUT2D eigenvalue weighted by Gasteiger charge is -2.56. The summed E-state index contributed by atoms with van der Waals surface area (Å²) in [7, 11) is 0. The van der Waals surface area contributed by atoms with Crippen LogP contribution >= 0.6 is 0 Å². The van der Waals surface area contributed by atoms with Crippen LogP contribution < -0.4 is 0 Å². The molecule has 120 valence electrons. The van der Waals surface area contributed by atoms with Gasteiger partial charge in [-0.3, -0.25) is 0 Å². The van der Waals surface area contributed by atoms with Crippen molar-refractivity contribution in [3.63, 3.8) is 0 Å². The molecule has 0 amide bonds. The Balaban J connectivity index is 1.64. The number of fused-ring (bicyclic) bond motifs is 2. The van der Waals surface area contributed by atoms with Crippen molar-refractivity contribution in [1.82, 2.24) is 0 Å². The minimum absolute atomic E-state index is 0.0274. The molecular formula is C21H24O2. The zero-order valence-corrected chi connectivity index (χ0v) is 13.9. The highest BCUT2D eigenvalue weighted by Gasteiger charge is 2.54. The Morgan fingerprint density at radius 2 is 1.09 bits per heavy atom. The Labute approximate surface area is 138 Å². The molecule has 0 spiro atoms. The first-order valence-electron chi connectivity index (χ1n) is 8.44. The highest BCUT2D eigenvalue weighted by Crippen LogP contribution is 2.58. The zero-order chi connectivity index (χ0) is 15.9. The molecule has 2 heteroatoms. The number of hydrogen-bond donors (Lipinski definition) is 0. The SMILES string of the molecule is C[C@@]12CO[C@@H](c3ccccc3)[C@@](C)(CO[C@H]1c1ccccc1)C2. The summed E-state index contributed by atoms with van der Waals surface area (Å²) in [6, 6.07) is 21.1. The van der Waals surface area contributed by atoms with Crippen LogP contribution in [0.2, 0.25) is 0 Å². The third-order valence-electron chi connectivity index (χ3n) is 5.44. The van der Waals surface area contributed by atoms with Crippen molar-refractivity contribution in [2.75, 3.05) is 13.2 Å². The van der Waals surface area contributed by atoms with Gasteiger partial charge in [-0.25, -0.2) is 0 Å². The van der Waals surface area contributed by atoms with E-state index in [-0.39, 0.29) is 23.0 Å². The van der Waals surface area contributed by atoms with Gasteiger partial charge in [-0.2, -0.15) is 0 Å². The zero-order valence-electron chi connectivity index (χ0n) is 13.9. The summed E-state index contributed by atoms with van der Waals surface area (Å²) in [5.74, 6) is 0. The van der Waals surface area contributed by atoms with Crippen LogP contribution in [0.3, 0.4) is 0 Å². The molecule has 2 fully saturated rings. The first-order chi connectivity index (χ1) is 11.1. The lowest BCUT2D eigenvalue weighted by atomic mass is 9.62. The fraction of sp³-hybridized carbons (Fsp3) is 0.429. The third-order valence-corrected chi connectivity index (χ3v) is 5.44. The molecule has 4 atom stereocenters. The second-order valence-electron chi connectivity index (χ2n) is 7.69. The van der Waals surface area contributed by atoms with E-state index in [0.29, 0.717) is 0 Å². The molecule has 0 unspecified atom stereocenters. The monoisotopic (exact) mass is 308 g/mol. The Kier molecular flexibility index (Phi) is 3.55. The van der Waals surface area contributed by atoms with Crippen LogP contribution in [0.5, 0.6) is 0 Å². The summed E-state index contributed by atoms with van der Waals surface area (Å²) in [5.41, 5.74) is 2.58. The molecule has 0 radical (unpaired) electrons. The highest BCUT2D eigenvalue weighted by atomic mass is 16.5. The maximum Gasteiger partial charge on any atom is 0.0900 e. The maximum atomic E-state index is 6.41. The number of ether oxygens (including phenoxy) is 2. The summed E-state index contributed by atoms with van der Waals surface area (Å²) in [5, 5.41) is 0. The smallest absolute Gasteiger partial charge is 0.0900 e. The van der Waals surface area contributed by atoms with Gasteiger partial charge in [0.25, 0.3) is 0 Å². The topological polar surface area (TPSA) is 18.5 Å². The summed E-state index contributed by atoms with van der Waals surface area (Å²) < 4.78 is 12.8. The second-order valence-corrected chi connectivity index (χ2v) is 7.69. The minimum Gasteiger partial charge on any atom is -0.372 e. The average molecular weight is 308 g/mol. The third kappa shape index (κ3) is 2.50. The molecule has 0 saturated carbocycles. The van der Waals surface area contributed by atoms with Gasteiger partial charge in [0.2, 0.25) is 0 Å². The second kappa shape index (κ2) is 5.47. The lowest BCUT2D eigenvalue weighted by molar-refractivity contribution is -0.250. The number of benzene rings is 2. The Hall–Kier alpha value is -1.64. The van der Waals surface area contributed by atoms with Gasteiger partial charge in [0.15, 0.2) is 0 Å². The van der Waals surface area contributed by atoms with Crippen LogP contribution in [0.15, 0.2) is 60.7 Å². The molecule has 0 N–H and O–H groups in total. The largest absolute Gasteiger partial charge is 0.372 e. The molecule has 0 aliphatic carbocycles. The van der Waals surface area contributed by atoms with Crippen molar-refractivity contribution >= 4 is 0 Å². The van der Waals surface area contributed by atoms with Crippen molar-refractivity contribution in [3.8, 4) is 0 Å². The van der Waals surface area contributed by atoms with Crippen molar-refractivity contribution in [1.29, 1.82) is 0 Å². The summed E-state index contributed by atoms with van der Waals surface area (Å²) in [4.78, 5) is 0. The fourth-order valence-corrected chi connectivity index (χ4v) is 4.56. The standard InChI is InChI=1S/C21H24O2/c1-20-13-21(2,15-23-18(20)16-9-5-3-6-10-16)19(22-14-20)17-11-7-4-8-12-17/h3-12,18-19H,13-15H2,1-2H3/t18-,19-,20+,21+/m0/s1. The molecule has 2 aromatic rings. The molecule has 2 heterocycles. The van der Waals surface area contributed by atoms with Crippen molar-refractivity contribution in [3.05, 3.63) is 71.8 Å². The Morgan fingerprint density at radius 3 is 1.48 bits per heavy atom. The van der Waals surface area contributed by atoms with E-state index < -0.39 is 0 Å². The maximum absolute atomic E-state index is 6.41. The fourth-order valence-electron chi connectivity index (χ4n) is 4.56. The lowest BCUT2D eigenvalue weighted by Crippen LogP contribution is -2.52. The predicted octanol–water partition coefficient (Wildman–Crippen LogP) is 4.93. The minimum atomic E-state index is 0.0274. The molecule has 2 aliphatic heterocycles. The van der Waals surface area contributed by atoms with E-state index in [2.05, 4.69) is 74.5 Å². The van der Waals surface area contributed by atoms with Gasteiger partial charge in [-0.15, -0.1) is 0 Å². The molecule has 2 saturated heterocycles. The summed E-state index contributed by atoms with van der Waals surface area (Å²) in [6.45, 7) is 6.09. The van der Waals surface area contributed by atoms with Gasteiger partial charge in [0.1, 0.15) is 0 Å². The summed E-state index contributed by atoms with van der Waals surface area (Å²) >= 11 is 0. The van der Waals surface area contributed by atoms with Crippen LogP contribution in [0.25, 0.3) is 0 Å². The van der Waals surface area contributed by atoms with E-state index in [4.69, 9.17) is 9.47 Å². The molecule has 2 aromatic carbocycles. The predicted molar refractivity (Wildman–Crippen MR) is 91.1 cm³/mol. The van der Waals surface area contributed by atoms with Crippen LogP contribution in [0.4, 0.5) is 0 Å². The quantitative estimate of drug-likeness (QED) is 0.783. The first kappa shape index (κ1) is 14.9. The molecular weight excluding hydrogens is 284 g/mol. The number of rotatable bonds is 2. The van der Waals surface area contributed by atoms with Crippen molar-refractivity contribution in [2.45, 2.75) is 32.5 Å². The molecule has 2 bridgehead atoms. The Morgan fingerprint density at radius 1 is 0.696 bits per heavy atom. The van der Waals surface area contributed by atoms with E-state index in [9.17, 15) is 0 Å². The van der Waals surface area contributed by atoms with Gasteiger partial charge in [0.05, 0.1) is 25.4 Å². The average Bonchev–Trinajstić information content (AvgIpc) is 2.56. The molecule has 0 aromatic heterocycles. The van der Waals surface area contributed by atoms with Crippen molar-refractivity contribution < 1.29 is 9.47 Å². The molecule has 2 nitrogen and oxygen atoms in total. The van der Waals surface area contributed by atoms with Gasteiger partial charge in [-0.1, -0.05) is 74.5 Å². The van der Waals surface area contributed by atoms with Gasteiger partial charge < -0.3 is 9.47 Å². The van der Waals surface area contributed by atoms with Gasteiger partial charge >= 0.3 is 0 Å². The van der Waals surface area contributed by atoms with Crippen LogP contribution in [-0.2, 0) is 9.47 Å². The van der Waals surface area contributed by atoms with E-state index in [0.717, 1.165) is 19.6 Å². The summed E-state index contributed by atoms with van der Waals surface area (Å²) in [6.07, 6.45) is 1.36. The Bertz CT molecular complexity index is 609. The van der Waals surface area contributed by atoms with Crippen molar-refractivity contribution in [2.24, 2.45) is 10.8 Å². The highest BCUT2D eigenvalue weighted by molar-refractivity contribution is 5.25.